The van der Waals surface area contributed by atoms with Crippen LogP contribution in [-0.2, 0) is 0 Å². The standard InChI is InChI=1S/C14H19BrN2O3/c1-9(2)6-7-17(3)14(20)16-12-8-10(15)4-5-11(12)13(18)19/h4-5,8-9H,6-7H2,1-3H3,(H,16,20)(H,18,19). The third-order valence-electron chi connectivity index (χ3n) is 2.84. The van der Waals surface area contributed by atoms with Gasteiger partial charge in [-0.3, -0.25) is 0 Å². The first-order valence-electron chi connectivity index (χ1n) is 6.36. The molecule has 0 aliphatic carbocycles. The number of carbonyl (C=O) groups is 2. The molecule has 20 heavy (non-hydrogen) atoms. The molecule has 0 unspecified atom stereocenters. The lowest BCUT2D eigenvalue weighted by Gasteiger charge is -2.19. The monoisotopic (exact) mass is 342 g/mol. The van der Waals surface area contributed by atoms with Crippen molar-refractivity contribution in [2.45, 2.75) is 20.3 Å². The van der Waals surface area contributed by atoms with Crippen LogP contribution >= 0.6 is 15.9 Å². The number of hydrogen-bond donors (Lipinski definition) is 2. The van der Waals surface area contributed by atoms with Crippen LogP contribution in [0.15, 0.2) is 22.7 Å². The van der Waals surface area contributed by atoms with Crippen LogP contribution in [0.3, 0.4) is 0 Å². The van der Waals surface area contributed by atoms with Crippen LogP contribution in [0.5, 0.6) is 0 Å². The third-order valence-corrected chi connectivity index (χ3v) is 3.34. The maximum atomic E-state index is 12.0. The van der Waals surface area contributed by atoms with E-state index in [2.05, 4.69) is 35.1 Å². The largest absolute Gasteiger partial charge is 0.478 e. The summed E-state index contributed by atoms with van der Waals surface area (Å²) in [4.78, 5) is 24.7. The second-order valence-electron chi connectivity index (χ2n) is 5.03. The third kappa shape index (κ3) is 4.85. The van der Waals surface area contributed by atoms with E-state index in [4.69, 9.17) is 5.11 Å². The number of halogens is 1. The number of benzene rings is 1. The maximum Gasteiger partial charge on any atom is 0.337 e. The highest BCUT2D eigenvalue weighted by atomic mass is 79.9. The molecule has 1 aromatic carbocycles. The molecule has 1 rings (SSSR count). The van der Waals surface area contributed by atoms with E-state index in [1.807, 2.05) is 0 Å². The Morgan fingerprint density at radius 2 is 2.05 bits per heavy atom. The van der Waals surface area contributed by atoms with E-state index in [9.17, 15) is 9.59 Å². The Hall–Kier alpha value is -1.56. The first-order chi connectivity index (χ1) is 9.31. The summed E-state index contributed by atoms with van der Waals surface area (Å²) in [7, 11) is 1.69. The number of rotatable bonds is 5. The zero-order chi connectivity index (χ0) is 15.3. The molecule has 5 nitrogen and oxygen atoms in total. The van der Waals surface area contributed by atoms with Gasteiger partial charge < -0.3 is 15.3 Å². The lowest BCUT2D eigenvalue weighted by Crippen LogP contribution is -2.33. The van der Waals surface area contributed by atoms with Gasteiger partial charge in [0, 0.05) is 18.1 Å². The molecule has 0 saturated carbocycles. The summed E-state index contributed by atoms with van der Waals surface area (Å²) in [5.41, 5.74) is 0.354. The second-order valence-corrected chi connectivity index (χ2v) is 5.94. The molecule has 0 atom stereocenters. The zero-order valence-electron chi connectivity index (χ0n) is 11.8. The smallest absolute Gasteiger partial charge is 0.337 e. The normalized spacial score (nSPS) is 10.4. The first-order valence-corrected chi connectivity index (χ1v) is 7.15. The fourth-order valence-electron chi connectivity index (χ4n) is 1.57. The summed E-state index contributed by atoms with van der Waals surface area (Å²) in [6.07, 6.45) is 0.897. The number of anilines is 1. The van der Waals surface area contributed by atoms with Gasteiger partial charge in [-0.25, -0.2) is 9.59 Å². The van der Waals surface area contributed by atoms with Crippen molar-refractivity contribution in [2.75, 3.05) is 18.9 Å². The van der Waals surface area contributed by atoms with Crippen molar-refractivity contribution in [2.24, 2.45) is 5.92 Å². The Labute approximate surface area is 127 Å². The van der Waals surface area contributed by atoms with E-state index in [0.29, 0.717) is 16.9 Å². The number of nitrogens with zero attached hydrogens (tertiary/aromatic N) is 1. The van der Waals surface area contributed by atoms with Gasteiger partial charge >= 0.3 is 12.0 Å². The molecular weight excluding hydrogens is 324 g/mol. The van der Waals surface area contributed by atoms with Crippen LogP contribution in [0.1, 0.15) is 30.6 Å². The minimum Gasteiger partial charge on any atom is -0.478 e. The molecule has 0 saturated heterocycles. The molecule has 2 N–H and O–H groups in total. The number of nitrogens with one attached hydrogen (secondary N) is 1. The SMILES string of the molecule is CC(C)CCN(C)C(=O)Nc1cc(Br)ccc1C(=O)O. The van der Waals surface area contributed by atoms with E-state index >= 15 is 0 Å². The van der Waals surface area contributed by atoms with Gasteiger partial charge in [0.25, 0.3) is 0 Å². The fourth-order valence-corrected chi connectivity index (χ4v) is 1.93. The molecule has 0 radical (unpaired) electrons. The van der Waals surface area contributed by atoms with E-state index in [-0.39, 0.29) is 17.3 Å². The van der Waals surface area contributed by atoms with Crippen molar-refractivity contribution in [1.82, 2.24) is 4.90 Å². The van der Waals surface area contributed by atoms with Gasteiger partial charge in [0.2, 0.25) is 0 Å². The molecule has 0 aliphatic heterocycles. The molecular formula is C14H19BrN2O3. The summed E-state index contributed by atoms with van der Waals surface area (Å²) in [6.45, 7) is 4.80. The van der Waals surface area contributed by atoms with Crippen molar-refractivity contribution < 1.29 is 14.7 Å². The van der Waals surface area contributed by atoms with Crippen molar-refractivity contribution in [3.05, 3.63) is 28.2 Å². The number of aromatic carboxylic acids is 1. The Kier molecular flexibility index (Phi) is 6.01. The fraction of sp³-hybridized carbons (Fsp3) is 0.429. The molecule has 0 aromatic heterocycles. The molecule has 0 bridgehead atoms. The minimum absolute atomic E-state index is 0.0683. The summed E-state index contributed by atoms with van der Waals surface area (Å²) < 4.78 is 0.711. The molecule has 0 heterocycles. The quantitative estimate of drug-likeness (QED) is 0.857. The molecule has 0 spiro atoms. The van der Waals surface area contributed by atoms with Crippen LogP contribution in [-0.4, -0.2) is 35.6 Å². The summed E-state index contributed by atoms with van der Waals surface area (Å²) in [5, 5.41) is 11.7. The van der Waals surface area contributed by atoms with Gasteiger partial charge in [-0.15, -0.1) is 0 Å². The van der Waals surface area contributed by atoms with Crippen LogP contribution in [0.4, 0.5) is 10.5 Å². The number of carboxylic acid groups (broad SMARTS) is 1. The van der Waals surface area contributed by atoms with Crippen molar-refractivity contribution in [3.8, 4) is 0 Å². The lowest BCUT2D eigenvalue weighted by molar-refractivity contribution is 0.0698. The average Bonchev–Trinajstić information content (AvgIpc) is 2.35. The maximum absolute atomic E-state index is 12.0. The number of amides is 2. The first kappa shape index (κ1) is 16.5. The highest BCUT2D eigenvalue weighted by Gasteiger charge is 2.15. The summed E-state index contributed by atoms with van der Waals surface area (Å²) in [5.74, 6) is -0.566. The zero-order valence-corrected chi connectivity index (χ0v) is 13.4. The summed E-state index contributed by atoms with van der Waals surface area (Å²) in [6, 6.07) is 4.35. The number of carbonyl (C=O) groups excluding carboxylic acids is 1. The van der Waals surface area contributed by atoms with Crippen LogP contribution in [0, 0.1) is 5.92 Å². The van der Waals surface area contributed by atoms with Gasteiger partial charge in [-0.05, 0) is 30.5 Å². The molecule has 110 valence electrons. The summed E-state index contributed by atoms with van der Waals surface area (Å²) >= 11 is 3.26. The van der Waals surface area contributed by atoms with Crippen molar-refractivity contribution >= 4 is 33.6 Å². The topological polar surface area (TPSA) is 69.6 Å². The Bertz CT molecular complexity index is 503. The molecule has 0 aliphatic rings. The van der Waals surface area contributed by atoms with Crippen LogP contribution in [0.2, 0.25) is 0 Å². The van der Waals surface area contributed by atoms with E-state index in [0.717, 1.165) is 6.42 Å². The predicted molar refractivity (Wildman–Crippen MR) is 82.2 cm³/mol. The van der Waals surface area contributed by atoms with Gasteiger partial charge in [0.05, 0.1) is 11.3 Å². The predicted octanol–water partition coefficient (Wildman–Crippen LogP) is 3.66. The highest BCUT2D eigenvalue weighted by molar-refractivity contribution is 9.10. The second kappa shape index (κ2) is 7.28. The average molecular weight is 343 g/mol. The van der Waals surface area contributed by atoms with Crippen LogP contribution < -0.4 is 5.32 Å². The van der Waals surface area contributed by atoms with E-state index < -0.39 is 5.97 Å². The number of urea groups is 1. The Balaban J connectivity index is 2.79. The minimum atomic E-state index is -1.07. The number of hydrogen-bond acceptors (Lipinski definition) is 2. The van der Waals surface area contributed by atoms with Crippen molar-refractivity contribution in [3.63, 3.8) is 0 Å². The van der Waals surface area contributed by atoms with E-state index in [1.54, 1.807) is 24.1 Å². The lowest BCUT2D eigenvalue weighted by atomic mass is 10.1. The Morgan fingerprint density at radius 1 is 1.40 bits per heavy atom. The van der Waals surface area contributed by atoms with E-state index in [1.165, 1.54) is 6.07 Å². The van der Waals surface area contributed by atoms with Gasteiger partial charge in [-0.2, -0.15) is 0 Å². The molecule has 1 aromatic rings. The van der Waals surface area contributed by atoms with Crippen LogP contribution in [0.25, 0.3) is 0 Å². The molecule has 0 fully saturated rings. The molecule has 2 amide bonds. The van der Waals surface area contributed by atoms with Crippen molar-refractivity contribution in [1.29, 1.82) is 0 Å². The van der Waals surface area contributed by atoms with Gasteiger partial charge in [0.15, 0.2) is 0 Å². The Morgan fingerprint density at radius 3 is 2.60 bits per heavy atom. The highest BCUT2D eigenvalue weighted by Crippen LogP contribution is 2.22. The number of carboxylic acids is 1. The van der Waals surface area contributed by atoms with Gasteiger partial charge in [-0.1, -0.05) is 29.8 Å². The molecule has 6 heteroatoms. The van der Waals surface area contributed by atoms with Gasteiger partial charge in [0.1, 0.15) is 0 Å².